The zero-order chi connectivity index (χ0) is 26.3. The van der Waals surface area contributed by atoms with Crippen molar-refractivity contribution in [2.45, 2.75) is 53.6 Å². The SMILES string of the molecule is CC[C@@H](C(=O)NCC(C)C)N(Cc1cccc(C)c1)C(=O)CN(c1ccc(Br)c(C)c1)S(C)(=O)=O. The molecule has 2 rings (SSSR count). The van der Waals surface area contributed by atoms with Gasteiger partial charge in [0.05, 0.1) is 11.9 Å². The van der Waals surface area contributed by atoms with Crippen molar-refractivity contribution in [3.63, 3.8) is 0 Å². The number of nitrogens with zero attached hydrogens (tertiary/aromatic N) is 2. The van der Waals surface area contributed by atoms with Crippen LogP contribution < -0.4 is 9.62 Å². The molecule has 0 radical (unpaired) electrons. The summed E-state index contributed by atoms with van der Waals surface area (Å²) in [5.41, 5.74) is 3.16. The molecule has 0 fully saturated rings. The van der Waals surface area contributed by atoms with Gasteiger partial charge in [-0.1, -0.05) is 66.5 Å². The summed E-state index contributed by atoms with van der Waals surface area (Å²) in [7, 11) is -3.76. The number of sulfonamides is 1. The van der Waals surface area contributed by atoms with Gasteiger partial charge in [0.25, 0.3) is 0 Å². The van der Waals surface area contributed by atoms with Crippen molar-refractivity contribution in [3.05, 3.63) is 63.6 Å². The molecule has 0 aliphatic heterocycles. The summed E-state index contributed by atoms with van der Waals surface area (Å²) in [5, 5.41) is 2.92. The van der Waals surface area contributed by atoms with Gasteiger partial charge in [-0.15, -0.1) is 0 Å². The molecule has 0 unspecified atom stereocenters. The van der Waals surface area contributed by atoms with E-state index in [1.54, 1.807) is 18.2 Å². The lowest BCUT2D eigenvalue weighted by atomic mass is 10.1. The van der Waals surface area contributed by atoms with E-state index in [-0.39, 0.29) is 18.4 Å². The van der Waals surface area contributed by atoms with Crippen LogP contribution >= 0.6 is 15.9 Å². The van der Waals surface area contributed by atoms with Crippen LogP contribution in [0.5, 0.6) is 0 Å². The monoisotopic (exact) mass is 565 g/mol. The Morgan fingerprint density at radius 1 is 1.09 bits per heavy atom. The average Bonchev–Trinajstić information content (AvgIpc) is 2.77. The van der Waals surface area contributed by atoms with Crippen LogP contribution in [0.4, 0.5) is 5.69 Å². The summed E-state index contributed by atoms with van der Waals surface area (Å²) >= 11 is 3.43. The summed E-state index contributed by atoms with van der Waals surface area (Å²) in [6, 6.07) is 12.1. The molecule has 35 heavy (non-hydrogen) atoms. The van der Waals surface area contributed by atoms with Crippen LogP contribution in [0.2, 0.25) is 0 Å². The van der Waals surface area contributed by atoms with Crippen molar-refractivity contribution in [2.75, 3.05) is 23.7 Å². The van der Waals surface area contributed by atoms with Crippen LogP contribution in [0, 0.1) is 19.8 Å². The van der Waals surface area contributed by atoms with E-state index in [9.17, 15) is 18.0 Å². The van der Waals surface area contributed by atoms with Gasteiger partial charge in [-0.3, -0.25) is 13.9 Å². The third-order valence-electron chi connectivity index (χ3n) is 5.61. The molecule has 0 aliphatic rings. The molecule has 9 heteroatoms. The lowest BCUT2D eigenvalue weighted by molar-refractivity contribution is -0.140. The first kappa shape index (κ1) is 28.8. The number of amides is 2. The molecule has 0 aliphatic carbocycles. The van der Waals surface area contributed by atoms with Crippen LogP contribution in [0.3, 0.4) is 0 Å². The number of hydrogen-bond donors (Lipinski definition) is 1. The van der Waals surface area contributed by atoms with Crippen LogP contribution in [-0.2, 0) is 26.2 Å². The normalized spacial score (nSPS) is 12.3. The molecule has 2 amide bonds. The Hall–Kier alpha value is -2.39. The van der Waals surface area contributed by atoms with Gasteiger partial charge in [0.1, 0.15) is 12.6 Å². The number of anilines is 1. The van der Waals surface area contributed by atoms with E-state index in [0.29, 0.717) is 18.7 Å². The predicted octanol–water partition coefficient (Wildman–Crippen LogP) is 4.41. The van der Waals surface area contributed by atoms with Gasteiger partial charge in [0.2, 0.25) is 21.8 Å². The van der Waals surface area contributed by atoms with E-state index in [2.05, 4.69) is 21.2 Å². The second-order valence-corrected chi connectivity index (χ2v) is 12.0. The van der Waals surface area contributed by atoms with Crippen molar-refractivity contribution in [2.24, 2.45) is 5.92 Å². The number of hydrogen-bond acceptors (Lipinski definition) is 4. The number of halogens is 1. The van der Waals surface area contributed by atoms with Crippen molar-refractivity contribution in [3.8, 4) is 0 Å². The number of carbonyl (C=O) groups excluding carboxylic acids is 2. The van der Waals surface area contributed by atoms with Crippen LogP contribution in [-0.4, -0.2) is 50.5 Å². The number of rotatable bonds is 11. The zero-order valence-electron chi connectivity index (χ0n) is 21.3. The first-order valence-corrected chi connectivity index (χ1v) is 14.3. The van der Waals surface area contributed by atoms with E-state index in [0.717, 1.165) is 31.7 Å². The molecule has 0 heterocycles. The highest BCUT2D eigenvalue weighted by Crippen LogP contribution is 2.25. The zero-order valence-corrected chi connectivity index (χ0v) is 23.7. The average molecular weight is 567 g/mol. The maximum atomic E-state index is 13.7. The highest BCUT2D eigenvalue weighted by molar-refractivity contribution is 9.10. The predicted molar refractivity (Wildman–Crippen MR) is 145 cm³/mol. The van der Waals surface area contributed by atoms with Gasteiger partial charge < -0.3 is 10.2 Å². The lowest BCUT2D eigenvalue weighted by Crippen LogP contribution is -2.52. The smallest absolute Gasteiger partial charge is 0.244 e. The maximum absolute atomic E-state index is 13.7. The van der Waals surface area contributed by atoms with Crippen molar-refractivity contribution >= 4 is 43.5 Å². The Morgan fingerprint density at radius 3 is 2.31 bits per heavy atom. The summed E-state index contributed by atoms with van der Waals surface area (Å²) in [6.07, 6.45) is 1.48. The number of carbonyl (C=O) groups is 2. The van der Waals surface area contributed by atoms with E-state index in [1.807, 2.05) is 58.9 Å². The molecule has 0 aromatic heterocycles. The van der Waals surface area contributed by atoms with Crippen LogP contribution in [0.15, 0.2) is 46.9 Å². The molecule has 0 saturated heterocycles. The van der Waals surface area contributed by atoms with E-state index < -0.39 is 28.5 Å². The Bertz CT molecular complexity index is 1150. The van der Waals surface area contributed by atoms with Gasteiger partial charge in [-0.05, 0) is 55.5 Å². The highest BCUT2D eigenvalue weighted by atomic mass is 79.9. The standard InChI is InChI=1S/C26H36BrN3O4S/c1-7-24(26(32)28-15-18(2)3)29(16-21-10-8-9-19(4)13-21)25(31)17-30(35(6,33)34)22-11-12-23(27)20(5)14-22/h8-14,18,24H,7,15-17H2,1-6H3,(H,28,32)/t24-/m0/s1. The molecule has 0 saturated carbocycles. The van der Waals surface area contributed by atoms with Crippen molar-refractivity contribution in [1.29, 1.82) is 0 Å². The fourth-order valence-corrected chi connectivity index (χ4v) is 4.84. The molecule has 1 atom stereocenters. The Kier molecular flexibility index (Phi) is 10.3. The fraction of sp³-hybridized carbons (Fsp3) is 0.462. The molecule has 192 valence electrons. The minimum atomic E-state index is -3.76. The van der Waals surface area contributed by atoms with Gasteiger partial charge in [-0.2, -0.15) is 0 Å². The Balaban J connectivity index is 2.44. The van der Waals surface area contributed by atoms with Gasteiger partial charge in [-0.25, -0.2) is 8.42 Å². The Morgan fingerprint density at radius 2 is 1.77 bits per heavy atom. The second kappa shape index (κ2) is 12.5. The van der Waals surface area contributed by atoms with E-state index >= 15 is 0 Å². The first-order valence-electron chi connectivity index (χ1n) is 11.7. The quantitative estimate of drug-likeness (QED) is 0.437. The molecular formula is C26H36BrN3O4S. The largest absolute Gasteiger partial charge is 0.354 e. The summed E-state index contributed by atoms with van der Waals surface area (Å²) in [6.45, 7) is 9.96. The third-order valence-corrected chi connectivity index (χ3v) is 7.64. The Labute approximate surface area is 218 Å². The summed E-state index contributed by atoms with van der Waals surface area (Å²) < 4.78 is 27.3. The van der Waals surface area contributed by atoms with Gasteiger partial charge >= 0.3 is 0 Å². The molecule has 0 bridgehead atoms. The fourth-order valence-electron chi connectivity index (χ4n) is 3.75. The van der Waals surface area contributed by atoms with Gasteiger partial charge in [0.15, 0.2) is 0 Å². The van der Waals surface area contributed by atoms with Crippen LogP contribution in [0.25, 0.3) is 0 Å². The molecule has 2 aromatic rings. The van der Waals surface area contributed by atoms with Gasteiger partial charge in [0, 0.05) is 17.6 Å². The summed E-state index contributed by atoms with van der Waals surface area (Å²) in [5.74, 6) is -0.421. The van der Waals surface area contributed by atoms with E-state index in [4.69, 9.17) is 0 Å². The van der Waals surface area contributed by atoms with Crippen LogP contribution in [0.1, 0.15) is 43.9 Å². The molecule has 7 nitrogen and oxygen atoms in total. The minimum Gasteiger partial charge on any atom is -0.354 e. The maximum Gasteiger partial charge on any atom is 0.244 e. The van der Waals surface area contributed by atoms with Crippen molar-refractivity contribution in [1.82, 2.24) is 10.2 Å². The molecule has 2 aromatic carbocycles. The second-order valence-electron chi connectivity index (χ2n) is 9.28. The van der Waals surface area contributed by atoms with Crippen molar-refractivity contribution < 1.29 is 18.0 Å². The number of nitrogens with one attached hydrogen (secondary N) is 1. The highest BCUT2D eigenvalue weighted by Gasteiger charge is 2.31. The first-order chi connectivity index (χ1) is 16.3. The molecule has 1 N–H and O–H groups in total. The minimum absolute atomic E-state index is 0.199. The number of aryl methyl sites for hydroxylation is 2. The summed E-state index contributed by atoms with van der Waals surface area (Å²) in [4.78, 5) is 28.3. The topological polar surface area (TPSA) is 86.8 Å². The molecule has 0 spiro atoms. The third kappa shape index (κ3) is 8.35. The lowest BCUT2D eigenvalue weighted by Gasteiger charge is -2.33. The molecular weight excluding hydrogens is 530 g/mol. The number of benzene rings is 2. The van der Waals surface area contributed by atoms with E-state index in [1.165, 1.54) is 4.90 Å².